The molecule has 0 aromatic heterocycles. The Balaban J connectivity index is 2.84. The van der Waals surface area contributed by atoms with Gasteiger partial charge < -0.3 is 26.4 Å². The molecule has 15 heavy (non-hydrogen) atoms. The van der Waals surface area contributed by atoms with E-state index in [1.165, 1.54) is 6.92 Å². The van der Waals surface area contributed by atoms with Crippen LogP contribution < -0.4 is 11.1 Å². The highest BCUT2D eigenvalue weighted by Crippen LogP contribution is 2.18. The Labute approximate surface area is 87.4 Å². The molecule has 6 heteroatoms. The van der Waals surface area contributed by atoms with Gasteiger partial charge >= 0.3 is 0 Å². The third-order valence-corrected chi connectivity index (χ3v) is 2.51. The monoisotopic (exact) mass is 217 g/mol. The molecule has 86 valence electrons. The van der Waals surface area contributed by atoms with Crippen molar-refractivity contribution in [3.63, 3.8) is 0 Å². The molecule has 0 aliphatic heterocycles. The first-order valence-corrected chi connectivity index (χ1v) is 4.75. The highest BCUT2D eigenvalue weighted by molar-refractivity contribution is 5.73. The Morgan fingerprint density at radius 3 is 2.67 bits per heavy atom. The summed E-state index contributed by atoms with van der Waals surface area (Å²) in [5, 5.41) is 30.7. The van der Waals surface area contributed by atoms with Gasteiger partial charge in [0.15, 0.2) is 0 Å². The highest BCUT2D eigenvalue weighted by Gasteiger charge is 2.39. The lowest BCUT2D eigenvalue weighted by molar-refractivity contribution is -0.415. The highest BCUT2D eigenvalue weighted by atomic mass is 16.3. The first-order chi connectivity index (χ1) is 6.97. The van der Waals surface area contributed by atoms with E-state index < -0.39 is 18.2 Å². The fourth-order valence-corrected chi connectivity index (χ4v) is 1.72. The molecule has 0 fully saturated rings. The van der Waals surface area contributed by atoms with Crippen molar-refractivity contribution >= 4 is 5.91 Å². The molecule has 0 saturated heterocycles. The summed E-state index contributed by atoms with van der Waals surface area (Å²) in [6.45, 7) is 1.01. The van der Waals surface area contributed by atoms with Crippen LogP contribution in [0.3, 0.4) is 0 Å². The first kappa shape index (κ1) is 12.1. The molecule has 0 aromatic carbocycles. The summed E-state index contributed by atoms with van der Waals surface area (Å²) in [5.74, 6) is -0.291. The summed E-state index contributed by atoms with van der Waals surface area (Å²) in [4.78, 5) is 10.9. The summed E-state index contributed by atoms with van der Waals surface area (Å²) in [6.07, 6.45) is -0.716. The van der Waals surface area contributed by atoms with Gasteiger partial charge in [0.2, 0.25) is 5.91 Å². The van der Waals surface area contributed by atoms with Gasteiger partial charge in [-0.1, -0.05) is 0 Å². The molecular weight excluding hydrogens is 200 g/mol. The van der Waals surface area contributed by atoms with E-state index >= 15 is 0 Å². The molecule has 7 N–H and O–H groups in total. The van der Waals surface area contributed by atoms with Crippen LogP contribution in [-0.2, 0) is 4.79 Å². The SMILES string of the molecule is CC(=O)N[C@@H]1[C@@H](O)[C@H](O)C(CO)=C[C@H]1[NH3+]. The molecule has 0 radical (unpaired) electrons. The zero-order valence-corrected chi connectivity index (χ0v) is 8.55. The van der Waals surface area contributed by atoms with Gasteiger partial charge in [-0.2, -0.15) is 0 Å². The number of amides is 1. The Morgan fingerprint density at radius 2 is 2.20 bits per heavy atom. The van der Waals surface area contributed by atoms with Gasteiger partial charge in [-0.05, 0) is 11.6 Å². The van der Waals surface area contributed by atoms with Crippen molar-refractivity contribution in [1.82, 2.24) is 5.32 Å². The van der Waals surface area contributed by atoms with E-state index in [1.807, 2.05) is 0 Å². The van der Waals surface area contributed by atoms with Crippen LogP contribution in [0.25, 0.3) is 0 Å². The van der Waals surface area contributed by atoms with Crippen molar-refractivity contribution < 1.29 is 25.8 Å². The van der Waals surface area contributed by atoms with Crippen molar-refractivity contribution in [2.24, 2.45) is 0 Å². The van der Waals surface area contributed by atoms with Gasteiger partial charge in [0.25, 0.3) is 0 Å². The molecule has 0 spiro atoms. The van der Waals surface area contributed by atoms with Crippen LogP contribution in [0.2, 0.25) is 0 Å². The minimum atomic E-state index is -1.15. The van der Waals surface area contributed by atoms with Crippen LogP contribution in [0, 0.1) is 0 Å². The summed E-state index contributed by atoms with van der Waals surface area (Å²) in [7, 11) is 0. The Kier molecular flexibility index (Phi) is 3.81. The van der Waals surface area contributed by atoms with Crippen molar-refractivity contribution in [3.05, 3.63) is 11.6 Å². The first-order valence-electron chi connectivity index (χ1n) is 4.75. The molecule has 6 nitrogen and oxygen atoms in total. The molecule has 4 atom stereocenters. The maximum atomic E-state index is 10.9. The number of quaternary nitrogens is 1. The summed E-state index contributed by atoms with van der Waals surface area (Å²) in [5.41, 5.74) is 4.08. The smallest absolute Gasteiger partial charge is 0.217 e. The topological polar surface area (TPSA) is 117 Å². The molecule has 0 bridgehead atoms. The lowest BCUT2D eigenvalue weighted by Gasteiger charge is -2.33. The standard InChI is InChI=1S/C9H16N2O4/c1-4(13)11-7-6(10)2-5(3-12)8(14)9(7)15/h2,6-9,12,14-15H,3,10H2,1H3,(H,11,13)/p+1/t6-,7+,8-,9-/m1/s1. The van der Waals surface area contributed by atoms with Gasteiger partial charge in [-0.3, -0.25) is 4.79 Å². The van der Waals surface area contributed by atoms with Crippen LogP contribution in [-0.4, -0.2) is 52.1 Å². The Bertz CT molecular complexity index is 279. The van der Waals surface area contributed by atoms with E-state index in [9.17, 15) is 15.0 Å². The summed E-state index contributed by atoms with van der Waals surface area (Å²) < 4.78 is 0. The number of carbonyl (C=O) groups excluding carboxylic acids is 1. The van der Waals surface area contributed by atoms with Crippen LogP contribution in [0.1, 0.15) is 6.92 Å². The number of aliphatic hydroxyl groups excluding tert-OH is 3. The molecule has 1 rings (SSSR count). The minimum absolute atomic E-state index is 0.291. The normalized spacial score (nSPS) is 35.9. The van der Waals surface area contributed by atoms with E-state index in [4.69, 9.17) is 5.11 Å². The van der Waals surface area contributed by atoms with Crippen molar-refractivity contribution in [1.29, 1.82) is 0 Å². The molecule has 0 unspecified atom stereocenters. The number of aliphatic hydroxyl groups is 3. The number of nitrogens with one attached hydrogen (secondary N) is 1. The number of rotatable bonds is 2. The zero-order valence-electron chi connectivity index (χ0n) is 8.55. The van der Waals surface area contributed by atoms with Crippen molar-refractivity contribution in [2.45, 2.75) is 31.2 Å². The second-order valence-corrected chi connectivity index (χ2v) is 3.73. The molecule has 0 aromatic rings. The van der Waals surface area contributed by atoms with Crippen LogP contribution in [0.5, 0.6) is 0 Å². The van der Waals surface area contributed by atoms with Gasteiger partial charge in [-0.25, -0.2) is 0 Å². The van der Waals surface area contributed by atoms with E-state index in [1.54, 1.807) is 6.08 Å². The second kappa shape index (κ2) is 4.71. The summed E-state index contributed by atoms with van der Waals surface area (Å²) in [6, 6.07) is -0.984. The quantitative estimate of drug-likeness (QED) is 0.312. The molecule has 1 aliphatic rings. The van der Waals surface area contributed by atoms with Crippen LogP contribution in [0.15, 0.2) is 11.6 Å². The third-order valence-electron chi connectivity index (χ3n) is 2.51. The zero-order chi connectivity index (χ0) is 11.6. The maximum absolute atomic E-state index is 10.9. The fraction of sp³-hybridized carbons (Fsp3) is 0.667. The van der Waals surface area contributed by atoms with Gasteiger partial charge in [0.1, 0.15) is 24.3 Å². The molecular formula is C9H17N2O4+. The van der Waals surface area contributed by atoms with Gasteiger partial charge in [0.05, 0.1) is 6.61 Å². The fourth-order valence-electron chi connectivity index (χ4n) is 1.72. The van der Waals surface area contributed by atoms with E-state index in [2.05, 4.69) is 11.1 Å². The predicted molar refractivity (Wildman–Crippen MR) is 51.5 cm³/mol. The minimum Gasteiger partial charge on any atom is -0.392 e. The van der Waals surface area contributed by atoms with Crippen LogP contribution in [0.4, 0.5) is 0 Å². The average Bonchev–Trinajstić information content (AvgIpc) is 2.18. The lowest BCUT2D eigenvalue weighted by atomic mass is 9.87. The average molecular weight is 217 g/mol. The maximum Gasteiger partial charge on any atom is 0.217 e. The van der Waals surface area contributed by atoms with E-state index in [-0.39, 0.29) is 18.6 Å². The largest absolute Gasteiger partial charge is 0.392 e. The lowest BCUT2D eigenvalue weighted by Crippen LogP contribution is -2.74. The second-order valence-electron chi connectivity index (χ2n) is 3.73. The molecule has 0 saturated carbocycles. The number of carbonyl (C=O) groups is 1. The Hall–Kier alpha value is -0.950. The van der Waals surface area contributed by atoms with Gasteiger partial charge in [-0.15, -0.1) is 0 Å². The number of hydrogen-bond acceptors (Lipinski definition) is 4. The number of hydrogen-bond donors (Lipinski definition) is 5. The molecule has 1 amide bonds. The summed E-state index contributed by atoms with van der Waals surface area (Å²) >= 11 is 0. The van der Waals surface area contributed by atoms with E-state index in [0.717, 1.165) is 0 Å². The molecule has 1 aliphatic carbocycles. The Morgan fingerprint density at radius 1 is 1.60 bits per heavy atom. The van der Waals surface area contributed by atoms with Crippen molar-refractivity contribution in [2.75, 3.05) is 6.61 Å². The van der Waals surface area contributed by atoms with Crippen LogP contribution >= 0.6 is 0 Å². The predicted octanol–water partition coefficient (Wildman–Crippen LogP) is -3.24. The van der Waals surface area contributed by atoms with Gasteiger partial charge in [0, 0.05) is 6.92 Å². The third kappa shape index (κ3) is 2.54. The molecule has 0 heterocycles. The van der Waals surface area contributed by atoms with Crippen molar-refractivity contribution in [3.8, 4) is 0 Å². The van der Waals surface area contributed by atoms with E-state index in [0.29, 0.717) is 5.57 Å².